The van der Waals surface area contributed by atoms with Crippen LogP contribution in [0.2, 0.25) is 0 Å². The topological polar surface area (TPSA) is 114 Å². The Morgan fingerprint density at radius 2 is 1.60 bits per heavy atom. The summed E-state index contributed by atoms with van der Waals surface area (Å²) in [5.74, 6) is -2.03. The molecule has 3 aromatic rings. The summed E-state index contributed by atoms with van der Waals surface area (Å²) < 4.78 is 10.6. The largest absolute Gasteiger partial charge is 0.481 e. The minimum atomic E-state index is -1.31. The lowest BCUT2D eigenvalue weighted by atomic mass is 9.98. The standard InChI is InChI=1S/C27H26N2O6/c1-34-15-17-7-6-8-18(13-17)28-26(32)24(14-25(30)31)29-27(33)35-16-23-21-11-4-2-9-19(21)20-10-3-5-12-22(20)23/h2-13,23-24H,14-16H2,1H3,(H,28,32)(H,29,33)(H,30,31). The highest BCUT2D eigenvalue weighted by Crippen LogP contribution is 2.44. The van der Waals surface area contributed by atoms with Crippen molar-refractivity contribution < 1.29 is 29.0 Å². The summed E-state index contributed by atoms with van der Waals surface area (Å²) in [5.41, 5.74) is 5.60. The molecule has 3 aromatic carbocycles. The molecule has 0 heterocycles. The number of methoxy groups -OCH3 is 1. The molecule has 0 spiro atoms. The number of carbonyl (C=O) groups excluding carboxylic acids is 2. The number of hydrogen-bond acceptors (Lipinski definition) is 5. The number of carbonyl (C=O) groups is 3. The third kappa shape index (κ3) is 5.67. The number of alkyl carbamates (subject to hydrolysis) is 1. The monoisotopic (exact) mass is 474 g/mol. The van der Waals surface area contributed by atoms with Crippen LogP contribution in [0.25, 0.3) is 11.1 Å². The lowest BCUT2D eigenvalue weighted by molar-refractivity contribution is -0.139. The summed E-state index contributed by atoms with van der Waals surface area (Å²) in [7, 11) is 1.56. The smallest absolute Gasteiger partial charge is 0.407 e. The van der Waals surface area contributed by atoms with Crippen LogP contribution < -0.4 is 10.6 Å². The number of benzene rings is 3. The number of fused-ring (bicyclic) bond motifs is 3. The van der Waals surface area contributed by atoms with Gasteiger partial charge in [0.2, 0.25) is 5.91 Å². The Hall–Kier alpha value is -4.17. The van der Waals surface area contributed by atoms with Gasteiger partial charge in [0, 0.05) is 18.7 Å². The number of carboxylic acid groups (broad SMARTS) is 1. The Balaban J connectivity index is 1.41. The third-order valence-corrected chi connectivity index (χ3v) is 5.84. The van der Waals surface area contributed by atoms with Crippen molar-refractivity contribution in [2.24, 2.45) is 0 Å². The molecule has 1 atom stereocenters. The van der Waals surface area contributed by atoms with Gasteiger partial charge in [0.25, 0.3) is 0 Å². The van der Waals surface area contributed by atoms with Crippen LogP contribution in [0.15, 0.2) is 72.8 Å². The maximum Gasteiger partial charge on any atom is 0.407 e. The van der Waals surface area contributed by atoms with Crippen molar-refractivity contribution in [2.45, 2.75) is 25.0 Å². The van der Waals surface area contributed by atoms with Crippen molar-refractivity contribution in [1.82, 2.24) is 5.32 Å². The number of anilines is 1. The van der Waals surface area contributed by atoms with Gasteiger partial charge in [0.05, 0.1) is 13.0 Å². The third-order valence-electron chi connectivity index (χ3n) is 5.84. The number of carboxylic acids is 1. The Morgan fingerprint density at radius 3 is 2.23 bits per heavy atom. The molecule has 0 aromatic heterocycles. The van der Waals surface area contributed by atoms with Crippen LogP contribution in [-0.2, 0) is 25.7 Å². The number of ether oxygens (including phenoxy) is 2. The van der Waals surface area contributed by atoms with E-state index in [4.69, 9.17) is 9.47 Å². The van der Waals surface area contributed by atoms with Crippen molar-refractivity contribution >= 4 is 23.7 Å². The fourth-order valence-corrected chi connectivity index (χ4v) is 4.30. The van der Waals surface area contributed by atoms with E-state index in [1.807, 2.05) is 54.6 Å². The summed E-state index contributed by atoms with van der Waals surface area (Å²) >= 11 is 0. The first-order valence-corrected chi connectivity index (χ1v) is 11.2. The van der Waals surface area contributed by atoms with Crippen molar-refractivity contribution in [3.63, 3.8) is 0 Å². The quantitative estimate of drug-likeness (QED) is 0.429. The summed E-state index contributed by atoms with van der Waals surface area (Å²) in [6, 6.07) is 21.5. The van der Waals surface area contributed by atoms with Crippen LogP contribution >= 0.6 is 0 Å². The Morgan fingerprint density at radius 1 is 0.943 bits per heavy atom. The van der Waals surface area contributed by atoms with Gasteiger partial charge in [-0.05, 0) is 39.9 Å². The average molecular weight is 475 g/mol. The van der Waals surface area contributed by atoms with Gasteiger partial charge in [-0.1, -0.05) is 60.7 Å². The minimum Gasteiger partial charge on any atom is -0.481 e. The molecule has 1 aliphatic rings. The van der Waals surface area contributed by atoms with Crippen LogP contribution in [0, 0.1) is 0 Å². The van der Waals surface area contributed by atoms with E-state index in [0.29, 0.717) is 12.3 Å². The highest BCUT2D eigenvalue weighted by Gasteiger charge is 2.30. The zero-order valence-electron chi connectivity index (χ0n) is 19.2. The predicted molar refractivity (Wildman–Crippen MR) is 130 cm³/mol. The fourth-order valence-electron chi connectivity index (χ4n) is 4.30. The van der Waals surface area contributed by atoms with Gasteiger partial charge >= 0.3 is 12.1 Å². The lowest BCUT2D eigenvalue weighted by Gasteiger charge is -2.19. The van der Waals surface area contributed by atoms with Gasteiger partial charge in [-0.2, -0.15) is 0 Å². The fraction of sp³-hybridized carbons (Fsp3) is 0.222. The number of nitrogens with one attached hydrogen (secondary N) is 2. The van der Waals surface area contributed by atoms with E-state index in [0.717, 1.165) is 27.8 Å². The maximum atomic E-state index is 12.8. The highest BCUT2D eigenvalue weighted by molar-refractivity contribution is 5.98. The molecule has 0 saturated heterocycles. The van der Waals surface area contributed by atoms with Gasteiger partial charge < -0.3 is 25.2 Å². The van der Waals surface area contributed by atoms with E-state index in [2.05, 4.69) is 10.6 Å². The molecule has 0 fully saturated rings. The Labute approximate surface area is 202 Å². The van der Waals surface area contributed by atoms with E-state index in [1.54, 1.807) is 25.3 Å². The Kier molecular flexibility index (Phi) is 7.42. The molecule has 4 rings (SSSR count). The zero-order chi connectivity index (χ0) is 24.8. The first-order valence-electron chi connectivity index (χ1n) is 11.2. The number of aliphatic carboxylic acids is 1. The lowest BCUT2D eigenvalue weighted by Crippen LogP contribution is -2.45. The second kappa shape index (κ2) is 10.8. The van der Waals surface area contributed by atoms with E-state index < -0.39 is 30.4 Å². The van der Waals surface area contributed by atoms with Crippen LogP contribution in [-0.4, -0.2) is 42.8 Å². The molecule has 0 bridgehead atoms. The second-order valence-electron chi connectivity index (χ2n) is 8.24. The number of hydrogen-bond donors (Lipinski definition) is 3. The second-order valence-corrected chi connectivity index (χ2v) is 8.24. The van der Waals surface area contributed by atoms with Gasteiger partial charge in [0.1, 0.15) is 12.6 Å². The van der Waals surface area contributed by atoms with Crippen LogP contribution in [0.4, 0.5) is 10.5 Å². The van der Waals surface area contributed by atoms with Gasteiger partial charge in [0.15, 0.2) is 0 Å². The van der Waals surface area contributed by atoms with Crippen molar-refractivity contribution in [3.8, 4) is 11.1 Å². The SMILES string of the molecule is COCc1cccc(NC(=O)C(CC(=O)O)NC(=O)OCC2c3ccccc3-c3ccccc32)c1. The van der Waals surface area contributed by atoms with E-state index in [9.17, 15) is 19.5 Å². The molecule has 3 N–H and O–H groups in total. The first kappa shape index (κ1) is 24.0. The Bertz CT molecular complexity index is 1200. The first-order chi connectivity index (χ1) is 17.0. The molecular formula is C27H26N2O6. The summed E-state index contributed by atoms with van der Waals surface area (Å²) in [6.45, 7) is 0.417. The molecule has 1 aliphatic carbocycles. The van der Waals surface area contributed by atoms with Crippen LogP contribution in [0.1, 0.15) is 29.0 Å². The van der Waals surface area contributed by atoms with E-state index in [1.165, 1.54) is 0 Å². The molecule has 0 aliphatic heterocycles. The van der Waals surface area contributed by atoms with Crippen molar-refractivity contribution in [3.05, 3.63) is 89.5 Å². The van der Waals surface area contributed by atoms with Crippen molar-refractivity contribution in [1.29, 1.82) is 0 Å². The maximum absolute atomic E-state index is 12.8. The molecule has 8 nitrogen and oxygen atoms in total. The molecule has 2 amide bonds. The molecule has 1 unspecified atom stereocenters. The molecule has 8 heteroatoms. The van der Waals surface area contributed by atoms with Crippen molar-refractivity contribution in [2.75, 3.05) is 19.0 Å². The highest BCUT2D eigenvalue weighted by atomic mass is 16.5. The summed E-state index contributed by atoms with van der Waals surface area (Å²) in [6.07, 6.45) is -1.45. The molecule has 180 valence electrons. The molecule has 0 radical (unpaired) electrons. The zero-order valence-corrected chi connectivity index (χ0v) is 19.2. The van der Waals surface area contributed by atoms with Gasteiger partial charge in [-0.3, -0.25) is 9.59 Å². The summed E-state index contributed by atoms with van der Waals surface area (Å²) in [5, 5.41) is 14.3. The van der Waals surface area contributed by atoms with E-state index >= 15 is 0 Å². The van der Waals surface area contributed by atoms with Gasteiger partial charge in [-0.25, -0.2) is 4.79 Å². The average Bonchev–Trinajstić information content (AvgIpc) is 3.16. The van der Waals surface area contributed by atoms with E-state index in [-0.39, 0.29) is 12.5 Å². The molecular weight excluding hydrogens is 448 g/mol. The summed E-state index contributed by atoms with van der Waals surface area (Å²) in [4.78, 5) is 36.7. The van der Waals surface area contributed by atoms with Gasteiger partial charge in [-0.15, -0.1) is 0 Å². The minimum absolute atomic E-state index is 0.0559. The number of amides is 2. The van der Waals surface area contributed by atoms with Crippen LogP contribution in [0.5, 0.6) is 0 Å². The molecule has 0 saturated carbocycles. The molecule has 35 heavy (non-hydrogen) atoms. The normalized spacial score (nSPS) is 12.8. The van der Waals surface area contributed by atoms with Crippen LogP contribution in [0.3, 0.4) is 0 Å². The predicted octanol–water partition coefficient (Wildman–Crippen LogP) is 4.15. The number of rotatable bonds is 9.